The molecule has 28 heavy (non-hydrogen) atoms. The molecule has 3 aromatic rings. The zero-order chi connectivity index (χ0) is 19.7. The predicted molar refractivity (Wildman–Crippen MR) is 111 cm³/mol. The molecule has 4 rings (SSSR count). The van der Waals surface area contributed by atoms with Crippen molar-refractivity contribution < 1.29 is 13.0 Å². The van der Waals surface area contributed by atoms with Crippen molar-refractivity contribution >= 4 is 26.8 Å². The number of fused-ring (bicyclic) bond motifs is 1. The van der Waals surface area contributed by atoms with Gasteiger partial charge in [0.1, 0.15) is 5.82 Å². The van der Waals surface area contributed by atoms with Gasteiger partial charge in [-0.25, -0.2) is 4.98 Å². The standard InChI is InChI=1S/C21H25N3O3S/c1-24(15-9-3-2-4-10-15)19-14-8-5-11-16(19)20(28(25,26)27)21-22-17-12-6-7-13-18(17)23-21/h5-8,11-15,20H,2-4,9-10H2,1H3,(H,22,23)(H,25,26,27). The van der Waals surface area contributed by atoms with Crippen molar-refractivity contribution in [3.05, 3.63) is 59.9 Å². The van der Waals surface area contributed by atoms with E-state index in [0.717, 1.165) is 24.0 Å². The Kier molecular flexibility index (Phi) is 5.12. The fraction of sp³-hybridized carbons (Fsp3) is 0.381. The first-order valence-corrected chi connectivity index (χ1v) is 11.2. The first kappa shape index (κ1) is 19.0. The van der Waals surface area contributed by atoms with Crippen molar-refractivity contribution in [1.29, 1.82) is 0 Å². The van der Waals surface area contributed by atoms with Gasteiger partial charge in [0.05, 0.1) is 11.0 Å². The monoisotopic (exact) mass is 399 g/mol. The van der Waals surface area contributed by atoms with Gasteiger partial charge in [0, 0.05) is 24.3 Å². The van der Waals surface area contributed by atoms with Crippen molar-refractivity contribution in [2.45, 2.75) is 43.4 Å². The minimum Gasteiger partial charge on any atom is -0.371 e. The molecule has 1 unspecified atom stereocenters. The van der Waals surface area contributed by atoms with Gasteiger partial charge in [-0.05, 0) is 31.0 Å². The van der Waals surface area contributed by atoms with Crippen LogP contribution in [0.4, 0.5) is 5.69 Å². The van der Waals surface area contributed by atoms with Gasteiger partial charge in [-0.15, -0.1) is 0 Å². The van der Waals surface area contributed by atoms with Gasteiger partial charge in [-0.3, -0.25) is 4.55 Å². The van der Waals surface area contributed by atoms with Crippen LogP contribution in [0.1, 0.15) is 48.7 Å². The molecule has 1 atom stereocenters. The highest BCUT2D eigenvalue weighted by Gasteiger charge is 2.34. The SMILES string of the molecule is CN(c1ccccc1C(c1nc2ccccc2[nH]1)S(=O)(=O)O)C1CCCCC1. The molecular weight excluding hydrogens is 374 g/mol. The number of nitrogens with one attached hydrogen (secondary N) is 1. The van der Waals surface area contributed by atoms with Crippen molar-refractivity contribution in [2.24, 2.45) is 0 Å². The van der Waals surface area contributed by atoms with Crippen molar-refractivity contribution in [3.63, 3.8) is 0 Å². The van der Waals surface area contributed by atoms with Crippen LogP contribution < -0.4 is 4.90 Å². The highest BCUT2D eigenvalue weighted by molar-refractivity contribution is 7.86. The molecule has 1 saturated carbocycles. The lowest BCUT2D eigenvalue weighted by molar-refractivity contribution is 0.427. The Morgan fingerprint density at radius 3 is 2.46 bits per heavy atom. The van der Waals surface area contributed by atoms with E-state index in [-0.39, 0.29) is 5.82 Å². The lowest BCUT2D eigenvalue weighted by Crippen LogP contribution is -2.34. The van der Waals surface area contributed by atoms with Crippen LogP contribution >= 0.6 is 0 Å². The Balaban J connectivity index is 1.81. The third-order valence-corrected chi connectivity index (χ3v) is 6.75. The topological polar surface area (TPSA) is 86.3 Å². The number of nitrogens with zero attached hydrogens (tertiary/aromatic N) is 2. The number of hydrogen-bond donors (Lipinski definition) is 2. The predicted octanol–water partition coefficient (Wildman–Crippen LogP) is 4.31. The third kappa shape index (κ3) is 3.64. The van der Waals surface area contributed by atoms with Gasteiger partial charge in [-0.2, -0.15) is 8.42 Å². The van der Waals surface area contributed by atoms with Crippen LogP contribution in [0.25, 0.3) is 11.0 Å². The molecule has 1 heterocycles. The number of para-hydroxylation sites is 3. The molecule has 2 aromatic carbocycles. The van der Waals surface area contributed by atoms with E-state index in [1.165, 1.54) is 19.3 Å². The molecule has 0 bridgehead atoms. The first-order valence-electron chi connectivity index (χ1n) is 9.68. The second kappa shape index (κ2) is 7.56. The summed E-state index contributed by atoms with van der Waals surface area (Å²) < 4.78 is 35.0. The highest BCUT2D eigenvalue weighted by Crippen LogP contribution is 2.37. The van der Waals surface area contributed by atoms with Crippen molar-refractivity contribution in [1.82, 2.24) is 9.97 Å². The van der Waals surface area contributed by atoms with Crippen molar-refractivity contribution in [2.75, 3.05) is 11.9 Å². The molecule has 148 valence electrons. The van der Waals surface area contributed by atoms with Gasteiger partial charge < -0.3 is 9.88 Å². The summed E-state index contributed by atoms with van der Waals surface area (Å²) in [5, 5.41) is -1.26. The third-order valence-electron chi connectivity index (χ3n) is 5.68. The normalized spacial score (nSPS) is 16.9. The molecule has 1 aromatic heterocycles. The maximum atomic E-state index is 12.4. The largest absolute Gasteiger partial charge is 0.371 e. The summed E-state index contributed by atoms with van der Waals surface area (Å²) in [6, 6.07) is 15.1. The minimum atomic E-state index is -4.43. The average molecular weight is 400 g/mol. The Hall–Kier alpha value is -2.38. The van der Waals surface area contributed by atoms with Gasteiger partial charge >= 0.3 is 0 Å². The van der Waals surface area contributed by atoms with Crippen molar-refractivity contribution in [3.8, 4) is 0 Å². The van der Waals surface area contributed by atoms with Crippen LogP contribution in [-0.4, -0.2) is 36.0 Å². The molecular formula is C21H25N3O3S. The van der Waals surface area contributed by atoms with Crippen LogP contribution in [-0.2, 0) is 10.1 Å². The number of benzene rings is 2. The second-order valence-corrected chi connectivity index (χ2v) is 9.00. The Morgan fingerprint density at radius 2 is 1.75 bits per heavy atom. The summed E-state index contributed by atoms with van der Waals surface area (Å²) in [6.07, 6.45) is 5.79. The van der Waals surface area contributed by atoms with Crippen LogP contribution in [0, 0.1) is 0 Å². The van der Waals surface area contributed by atoms with E-state index in [0.29, 0.717) is 17.1 Å². The number of aromatic nitrogens is 2. The van der Waals surface area contributed by atoms with E-state index in [1.54, 1.807) is 12.1 Å². The lowest BCUT2D eigenvalue weighted by atomic mass is 9.93. The Labute approximate surface area is 165 Å². The second-order valence-electron chi connectivity index (χ2n) is 7.50. The van der Waals surface area contributed by atoms with Gasteiger partial charge in [0.25, 0.3) is 10.1 Å². The van der Waals surface area contributed by atoms with E-state index < -0.39 is 15.4 Å². The summed E-state index contributed by atoms with van der Waals surface area (Å²) in [4.78, 5) is 9.70. The van der Waals surface area contributed by atoms with E-state index in [9.17, 15) is 13.0 Å². The van der Waals surface area contributed by atoms with Crippen LogP contribution in [0.2, 0.25) is 0 Å². The first-order chi connectivity index (χ1) is 13.4. The van der Waals surface area contributed by atoms with E-state index in [4.69, 9.17) is 0 Å². The quantitative estimate of drug-likeness (QED) is 0.625. The minimum absolute atomic E-state index is 0.230. The van der Waals surface area contributed by atoms with Gasteiger partial charge in [0.2, 0.25) is 0 Å². The molecule has 0 saturated heterocycles. The maximum absolute atomic E-state index is 12.4. The number of hydrogen-bond acceptors (Lipinski definition) is 4. The summed E-state index contributed by atoms with van der Waals surface area (Å²) in [5.74, 6) is 0.230. The molecule has 1 aliphatic rings. The lowest BCUT2D eigenvalue weighted by Gasteiger charge is -2.35. The summed E-state index contributed by atoms with van der Waals surface area (Å²) in [5.41, 5.74) is 2.77. The number of imidazole rings is 1. The smallest absolute Gasteiger partial charge is 0.279 e. The molecule has 2 N–H and O–H groups in total. The molecule has 7 heteroatoms. The number of rotatable bonds is 5. The molecule has 1 aliphatic carbocycles. The Morgan fingerprint density at radius 1 is 1.07 bits per heavy atom. The summed E-state index contributed by atoms with van der Waals surface area (Å²) in [7, 11) is -2.42. The molecule has 0 aliphatic heterocycles. The zero-order valence-corrected chi connectivity index (χ0v) is 16.7. The number of aromatic amines is 1. The zero-order valence-electron chi connectivity index (χ0n) is 15.9. The van der Waals surface area contributed by atoms with Gasteiger partial charge in [0.15, 0.2) is 5.25 Å². The average Bonchev–Trinajstić information content (AvgIpc) is 3.11. The van der Waals surface area contributed by atoms with E-state index >= 15 is 0 Å². The number of H-pyrrole nitrogens is 1. The summed E-state index contributed by atoms with van der Waals surface area (Å²) >= 11 is 0. The van der Waals surface area contributed by atoms with E-state index in [1.807, 2.05) is 43.4 Å². The molecule has 6 nitrogen and oxygen atoms in total. The highest BCUT2D eigenvalue weighted by atomic mass is 32.2. The van der Waals surface area contributed by atoms with Crippen LogP contribution in [0.15, 0.2) is 48.5 Å². The summed E-state index contributed by atoms with van der Waals surface area (Å²) in [6.45, 7) is 0. The maximum Gasteiger partial charge on any atom is 0.279 e. The van der Waals surface area contributed by atoms with E-state index in [2.05, 4.69) is 14.9 Å². The van der Waals surface area contributed by atoms with Gasteiger partial charge in [-0.1, -0.05) is 49.6 Å². The fourth-order valence-corrected chi connectivity index (χ4v) is 5.15. The fourth-order valence-electron chi connectivity index (χ4n) is 4.24. The molecule has 0 spiro atoms. The molecule has 0 amide bonds. The van der Waals surface area contributed by atoms with Crippen LogP contribution in [0.5, 0.6) is 0 Å². The molecule has 1 fully saturated rings. The molecule has 0 radical (unpaired) electrons. The number of anilines is 1. The Bertz CT molecular complexity index is 1040. The van der Waals surface area contributed by atoms with Crippen LogP contribution in [0.3, 0.4) is 0 Å².